The maximum absolute atomic E-state index is 13.5. The van der Waals surface area contributed by atoms with Crippen molar-refractivity contribution in [3.05, 3.63) is 108 Å². The van der Waals surface area contributed by atoms with Crippen LogP contribution in [0.25, 0.3) is 10.9 Å². The molecule has 0 radical (unpaired) electrons. The maximum atomic E-state index is 13.5. The second-order valence-corrected chi connectivity index (χ2v) is 19.0. The van der Waals surface area contributed by atoms with Crippen molar-refractivity contribution in [1.29, 1.82) is 0 Å². The molecular weight excluding hydrogens is 896 g/mol. The van der Waals surface area contributed by atoms with Gasteiger partial charge in [-0.05, 0) is 155 Å². The Balaban J connectivity index is 0.681. The number of halogens is 1. The zero-order valence-corrected chi connectivity index (χ0v) is 38.9. The molecule has 5 heterocycles. The Bertz CT molecular complexity index is 2860. The minimum absolute atomic E-state index is 0.0779. The number of nitrogens with one attached hydrogen (secondary N) is 4. The summed E-state index contributed by atoms with van der Waals surface area (Å²) < 4.78 is 25.6. The molecular formula is C53H55FN8O8. The lowest BCUT2D eigenvalue weighted by Gasteiger charge is -2.38. The summed E-state index contributed by atoms with van der Waals surface area (Å²) in [6.45, 7) is 5.23. The zero-order valence-electron chi connectivity index (χ0n) is 38.9. The van der Waals surface area contributed by atoms with Gasteiger partial charge in [0.25, 0.3) is 11.8 Å². The number of likely N-dealkylation sites (tertiary alicyclic amines) is 1. The van der Waals surface area contributed by atoms with E-state index in [1.54, 1.807) is 55.8 Å². The predicted octanol–water partition coefficient (Wildman–Crippen LogP) is 7.36. The molecule has 1 unspecified atom stereocenters. The highest BCUT2D eigenvalue weighted by atomic mass is 19.1. The first-order chi connectivity index (χ1) is 34.0. The van der Waals surface area contributed by atoms with Gasteiger partial charge in [0, 0.05) is 61.2 Å². The van der Waals surface area contributed by atoms with E-state index >= 15 is 0 Å². The van der Waals surface area contributed by atoms with Crippen molar-refractivity contribution in [2.45, 2.75) is 63.8 Å². The minimum atomic E-state index is -1.17. The van der Waals surface area contributed by atoms with E-state index in [0.717, 1.165) is 85.6 Å². The molecule has 4 aromatic carbocycles. The molecule has 1 aliphatic carbocycles. The zero-order chi connectivity index (χ0) is 48.5. The lowest BCUT2D eigenvalue weighted by atomic mass is 9.82. The van der Waals surface area contributed by atoms with Gasteiger partial charge in [0.05, 0.1) is 29.4 Å². The van der Waals surface area contributed by atoms with E-state index in [9.17, 15) is 33.2 Å². The van der Waals surface area contributed by atoms with Crippen molar-refractivity contribution in [3.63, 3.8) is 0 Å². The molecule has 3 saturated heterocycles. The lowest BCUT2D eigenvalue weighted by molar-refractivity contribution is -0.136. The highest BCUT2D eigenvalue weighted by molar-refractivity contribution is 6.25. The largest absolute Gasteiger partial charge is 0.495 e. The number of amides is 6. The molecule has 0 bridgehead atoms. The van der Waals surface area contributed by atoms with E-state index in [1.807, 2.05) is 12.1 Å². The van der Waals surface area contributed by atoms with E-state index in [-0.39, 0.29) is 24.0 Å². The molecule has 17 heteroatoms. The number of piperidine rings is 3. The molecule has 4 aliphatic heterocycles. The Morgan fingerprint density at radius 1 is 0.800 bits per heavy atom. The Hall–Kier alpha value is -7.40. The normalized spacial score (nSPS) is 19.4. The number of hydrogen-bond acceptors (Lipinski definition) is 12. The Morgan fingerprint density at radius 2 is 1.47 bits per heavy atom. The van der Waals surface area contributed by atoms with Gasteiger partial charge in [0.2, 0.25) is 23.6 Å². The molecule has 5 aromatic rings. The summed E-state index contributed by atoms with van der Waals surface area (Å²) in [4.78, 5) is 87.7. The third-order valence-electron chi connectivity index (χ3n) is 14.6. The van der Waals surface area contributed by atoms with Crippen LogP contribution in [0.4, 0.5) is 27.1 Å². The molecule has 1 saturated carbocycles. The smallest absolute Gasteiger partial charge is 0.264 e. The fraction of sp³-hybridized carbons (Fsp3) is 0.377. The molecule has 16 nitrogen and oxygen atoms in total. The van der Waals surface area contributed by atoms with Gasteiger partial charge >= 0.3 is 0 Å². The predicted molar refractivity (Wildman–Crippen MR) is 260 cm³/mol. The number of nitrogens with zero attached hydrogens (tertiary/aromatic N) is 4. The van der Waals surface area contributed by atoms with Gasteiger partial charge < -0.3 is 35.2 Å². The molecule has 4 fully saturated rings. The number of aromatic nitrogens is 1. The van der Waals surface area contributed by atoms with E-state index in [1.165, 1.54) is 30.7 Å². The van der Waals surface area contributed by atoms with E-state index < -0.39 is 52.7 Å². The van der Waals surface area contributed by atoms with Crippen LogP contribution in [0.1, 0.15) is 78.5 Å². The number of fused-ring (bicyclic) bond motifs is 2. The second-order valence-electron chi connectivity index (χ2n) is 19.0. The van der Waals surface area contributed by atoms with E-state index in [2.05, 4.69) is 37.1 Å². The molecule has 0 spiro atoms. The van der Waals surface area contributed by atoms with Crippen LogP contribution in [0, 0.1) is 23.1 Å². The Labute approximate surface area is 404 Å². The van der Waals surface area contributed by atoms with Crippen molar-refractivity contribution < 1.29 is 42.6 Å². The third kappa shape index (κ3) is 9.49. The first-order valence-electron chi connectivity index (χ1n) is 24.2. The molecule has 1 atom stereocenters. The molecule has 362 valence electrons. The molecule has 10 rings (SSSR count). The van der Waals surface area contributed by atoms with Crippen LogP contribution in [0.15, 0.2) is 91.1 Å². The first kappa shape index (κ1) is 46.3. The van der Waals surface area contributed by atoms with Gasteiger partial charge in [0.1, 0.15) is 34.5 Å². The van der Waals surface area contributed by atoms with Crippen molar-refractivity contribution in [2.75, 3.05) is 67.2 Å². The number of carbonyl (C=O) groups is 6. The highest BCUT2D eigenvalue weighted by Crippen LogP contribution is 2.48. The van der Waals surface area contributed by atoms with Crippen LogP contribution < -0.4 is 35.6 Å². The fourth-order valence-electron chi connectivity index (χ4n) is 10.4. The number of ether oxygens (including phenoxy) is 2. The summed E-state index contributed by atoms with van der Waals surface area (Å²) in [5.41, 5.74) is 2.69. The lowest BCUT2D eigenvalue weighted by Crippen LogP contribution is -2.54. The van der Waals surface area contributed by atoms with Crippen LogP contribution in [-0.2, 0) is 19.2 Å². The topological polar surface area (TPSA) is 192 Å². The van der Waals surface area contributed by atoms with Crippen LogP contribution in [0.3, 0.4) is 0 Å². The van der Waals surface area contributed by atoms with Crippen LogP contribution in [0.2, 0.25) is 0 Å². The standard InChI is InChI=1S/C53H55FN8O8/c1-69-45-30-39-41(55-22-15-44(39)70-37-11-9-36(10-12-37)58-52(68)53(20-21-53)51(67)57-35-7-5-34(54)6-8-35)31-43(45)61-26-18-33(19-27-61)29-32-16-24-60(25-17-32)28-23-56-40-4-2-3-38-47(40)50(66)62(49(38)65)42-13-14-46(63)59-48(42)64/h2-12,15,22,30-33,42,56H,13-14,16-21,23-29H2,1H3,(H,57,67)(H,58,68)(H,59,63,64). The molecule has 5 aliphatic rings. The van der Waals surface area contributed by atoms with Gasteiger partial charge in [-0.1, -0.05) is 6.07 Å². The molecule has 4 N–H and O–H groups in total. The maximum Gasteiger partial charge on any atom is 0.264 e. The Kier molecular flexibility index (Phi) is 12.9. The summed E-state index contributed by atoms with van der Waals surface area (Å²) in [5.74, 6) is -0.0564. The highest BCUT2D eigenvalue weighted by Gasteiger charge is 2.56. The number of imide groups is 2. The van der Waals surface area contributed by atoms with Gasteiger partial charge in [0.15, 0.2) is 0 Å². The second kappa shape index (κ2) is 19.5. The fourth-order valence-corrected chi connectivity index (χ4v) is 10.4. The van der Waals surface area contributed by atoms with Gasteiger partial charge in [-0.3, -0.25) is 44.0 Å². The van der Waals surface area contributed by atoms with Gasteiger partial charge in [-0.15, -0.1) is 0 Å². The number of rotatable bonds is 15. The van der Waals surface area contributed by atoms with Crippen LogP contribution in [0.5, 0.6) is 17.2 Å². The summed E-state index contributed by atoms with van der Waals surface area (Å²) in [7, 11) is 1.68. The van der Waals surface area contributed by atoms with E-state index in [4.69, 9.17) is 14.5 Å². The number of carbonyl (C=O) groups excluding carboxylic acids is 6. The van der Waals surface area contributed by atoms with Gasteiger partial charge in [-0.2, -0.15) is 0 Å². The number of methoxy groups -OCH3 is 1. The summed E-state index contributed by atoms with van der Waals surface area (Å²) >= 11 is 0. The Morgan fingerprint density at radius 3 is 2.13 bits per heavy atom. The quantitative estimate of drug-likeness (QED) is 0.0603. The van der Waals surface area contributed by atoms with Crippen molar-refractivity contribution in [2.24, 2.45) is 17.3 Å². The third-order valence-corrected chi connectivity index (χ3v) is 14.6. The van der Waals surface area contributed by atoms with Crippen LogP contribution in [-0.4, -0.2) is 103 Å². The number of anilines is 4. The monoisotopic (exact) mass is 950 g/mol. The number of pyridine rings is 1. The number of benzene rings is 4. The summed E-state index contributed by atoms with van der Waals surface area (Å²) in [6.07, 6.45) is 8.41. The molecule has 70 heavy (non-hydrogen) atoms. The van der Waals surface area contributed by atoms with Crippen molar-refractivity contribution in [1.82, 2.24) is 20.1 Å². The SMILES string of the molecule is COc1cc2c(Oc3ccc(NC(=O)C4(C(=O)Nc5ccc(F)cc5)CC4)cc3)ccnc2cc1N1CCC(CC2CCN(CCNc3cccc4c3C(=O)N(C3CCC(=O)NC3=O)C4=O)CC2)CC1. The van der Waals surface area contributed by atoms with Crippen molar-refractivity contribution in [3.8, 4) is 17.2 Å². The van der Waals surface area contributed by atoms with Crippen molar-refractivity contribution >= 4 is 69.1 Å². The number of hydrogen-bond donors (Lipinski definition) is 4. The molecule has 6 amide bonds. The summed E-state index contributed by atoms with van der Waals surface area (Å²) in [5, 5.41) is 12.0. The first-order valence-corrected chi connectivity index (χ1v) is 24.2. The average Bonchev–Trinajstić information content (AvgIpc) is 4.15. The average molecular weight is 951 g/mol. The summed E-state index contributed by atoms with van der Waals surface area (Å²) in [6, 6.07) is 22.4. The van der Waals surface area contributed by atoms with Gasteiger partial charge in [-0.25, -0.2) is 4.39 Å². The van der Waals surface area contributed by atoms with Crippen LogP contribution >= 0.6 is 0 Å². The minimum Gasteiger partial charge on any atom is -0.495 e. The molecule has 1 aromatic heterocycles. The van der Waals surface area contributed by atoms with E-state index in [0.29, 0.717) is 59.8 Å².